The van der Waals surface area contributed by atoms with Gasteiger partial charge in [0, 0.05) is 22.4 Å². The molecular formula is C16H17NO3S. The van der Waals surface area contributed by atoms with Crippen molar-refractivity contribution in [2.75, 3.05) is 11.6 Å². The highest BCUT2D eigenvalue weighted by atomic mass is 32.2. The summed E-state index contributed by atoms with van der Waals surface area (Å²) in [6, 6.07) is 14.6. The molecule has 0 unspecified atom stereocenters. The molecular weight excluding hydrogens is 286 g/mol. The van der Waals surface area contributed by atoms with E-state index in [4.69, 9.17) is 4.74 Å². The summed E-state index contributed by atoms with van der Waals surface area (Å²) in [4.78, 5) is 12.4. The van der Waals surface area contributed by atoms with E-state index < -0.39 is 16.9 Å². The summed E-state index contributed by atoms with van der Waals surface area (Å²) in [5.74, 6) is 0. The predicted octanol–water partition coefficient (Wildman–Crippen LogP) is 3.48. The van der Waals surface area contributed by atoms with Crippen LogP contribution in [0.5, 0.6) is 0 Å². The first-order chi connectivity index (χ1) is 10.1. The molecule has 2 aromatic carbocycles. The molecule has 1 N–H and O–H groups in total. The topological polar surface area (TPSA) is 55.4 Å². The normalized spacial score (nSPS) is 11.7. The van der Waals surface area contributed by atoms with Crippen LogP contribution < -0.4 is 5.32 Å². The third kappa shape index (κ3) is 4.43. The van der Waals surface area contributed by atoms with Gasteiger partial charge in [0.15, 0.2) is 0 Å². The molecule has 0 aliphatic rings. The second kappa shape index (κ2) is 7.04. The minimum absolute atomic E-state index is 0.0907. The van der Waals surface area contributed by atoms with E-state index in [1.807, 2.05) is 43.3 Å². The second-order valence-corrected chi connectivity index (χ2v) is 5.98. The van der Waals surface area contributed by atoms with Crippen LogP contribution in [0.25, 0.3) is 0 Å². The molecule has 0 bridgehead atoms. The summed E-state index contributed by atoms with van der Waals surface area (Å²) in [5.41, 5.74) is 2.55. The molecule has 2 rings (SSSR count). The molecule has 110 valence electrons. The van der Waals surface area contributed by atoms with E-state index >= 15 is 0 Å². The Morgan fingerprint density at radius 3 is 2.48 bits per heavy atom. The summed E-state index contributed by atoms with van der Waals surface area (Å²) in [6.45, 7) is 2.07. The number of hydrogen-bond donors (Lipinski definition) is 1. The average molecular weight is 303 g/mol. The van der Waals surface area contributed by atoms with E-state index in [-0.39, 0.29) is 6.61 Å². The highest BCUT2D eigenvalue weighted by Gasteiger charge is 2.08. The molecule has 0 fully saturated rings. The number of carbonyl (C=O) groups is 1. The number of anilines is 1. The van der Waals surface area contributed by atoms with Crippen molar-refractivity contribution in [3.8, 4) is 0 Å². The van der Waals surface area contributed by atoms with E-state index in [0.29, 0.717) is 10.6 Å². The van der Waals surface area contributed by atoms with Crippen molar-refractivity contribution in [2.24, 2.45) is 0 Å². The molecule has 0 aliphatic heterocycles. The molecule has 1 atom stereocenters. The third-order valence-corrected chi connectivity index (χ3v) is 3.96. The summed E-state index contributed by atoms with van der Waals surface area (Å²) in [6.07, 6.45) is 1.07. The fourth-order valence-corrected chi connectivity index (χ4v) is 2.60. The van der Waals surface area contributed by atoms with Crippen LogP contribution in [0.1, 0.15) is 11.1 Å². The minimum Gasteiger partial charge on any atom is -0.444 e. The highest BCUT2D eigenvalue weighted by molar-refractivity contribution is 7.84. The van der Waals surface area contributed by atoms with Crippen molar-refractivity contribution in [3.05, 3.63) is 59.7 Å². The molecule has 5 heteroatoms. The van der Waals surface area contributed by atoms with Gasteiger partial charge in [0.1, 0.15) is 6.61 Å². The maximum Gasteiger partial charge on any atom is 0.411 e. The van der Waals surface area contributed by atoms with Crippen molar-refractivity contribution in [1.82, 2.24) is 0 Å². The van der Waals surface area contributed by atoms with Crippen molar-refractivity contribution in [3.63, 3.8) is 0 Å². The number of benzene rings is 2. The Morgan fingerprint density at radius 2 is 1.81 bits per heavy atom. The van der Waals surface area contributed by atoms with Gasteiger partial charge in [-0.05, 0) is 25.1 Å². The standard InChI is InChI=1S/C16H17NO3S/c1-12-7-9-14(10-8-12)17-16(18)20-11-13-5-3-4-6-15(13)21(2)19/h3-10H,11H2,1-2H3,(H,17,18)/t21-/m0/s1. The maximum absolute atomic E-state index is 11.7. The van der Waals surface area contributed by atoms with Gasteiger partial charge in [-0.2, -0.15) is 0 Å². The summed E-state index contributed by atoms with van der Waals surface area (Å²) >= 11 is 0. The van der Waals surface area contributed by atoms with E-state index in [1.54, 1.807) is 18.4 Å². The Balaban J connectivity index is 1.95. The van der Waals surface area contributed by atoms with Crippen molar-refractivity contribution in [2.45, 2.75) is 18.4 Å². The molecule has 0 saturated carbocycles. The Hall–Kier alpha value is -2.14. The zero-order valence-electron chi connectivity index (χ0n) is 12.0. The van der Waals surface area contributed by atoms with Crippen molar-refractivity contribution in [1.29, 1.82) is 0 Å². The maximum atomic E-state index is 11.7. The average Bonchev–Trinajstić information content (AvgIpc) is 2.48. The highest BCUT2D eigenvalue weighted by Crippen LogP contribution is 2.14. The van der Waals surface area contributed by atoms with Gasteiger partial charge in [-0.25, -0.2) is 4.79 Å². The van der Waals surface area contributed by atoms with Crippen molar-refractivity contribution >= 4 is 22.6 Å². The number of amides is 1. The SMILES string of the molecule is Cc1ccc(NC(=O)OCc2ccccc2[S@](C)=O)cc1. The van der Waals surface area contributed by atoms with Gasteiger partial charge < -0.3 is 4.74 Å². The lowest BCUT2D eigenvalue weighted by Gasteiger charge is -2.09. The lowest BCUT2D eigenvalue weighted by atomic mass is 10.2. The Morgan fingerprint density at radius 1 is 1.14 bits per heavy atom. The number of hydrogen-bond acceptors (Lipinski definition) is 3. The molecule has 0 spiro atoms. The van der Waals surface area contributed by atoms with Gasteiger partial charge in [-0.15, -0.1) is 0 Å². The van der Waals surface area contributed by atoms with Gasteiger partial charge in [-0.1, -0.05) is 35.9 Å². The molecule has 4 nitrogen and oxygen atoms in total. The quantitative estimate of drug-likeness (QED) is 0.940. The number of rotatable bonds is 4. The Kier molecular flexibility index (Phi) is 5.11. The molecule has 0 aromatic heterocycles. The first kappa shape index (κ1) is 15.3. The fraction of sp³-hybridized carbons (Fsp3) is 0.188. The van der Waals surface area contributed by atoms with Crippen LogP contribution in [0.4, 0.5) is 10.5 Å². The third-order valence-electron chi connectivity index (χ3n) is 2.94. The fourth-order valence-electron chi connectivity index (χ4n) is 1.84. The van der Waals surface area contributed by atoms with Crippen LogP contribution in [-0.4, -0.2) is 16.6 Å². The molecule has 0 saturated heterocycles. The van der Waals surface area contributed by atoms with Crippen LogP contribution in [0.3, 0.4) is 0 Å². The Labute approximate surface area is 126 Å². The molecule has 0 aliphatic carbocycles. The smallest absolute Gasteiger partial charge is 0.411 e. The molecule has 21 heavy (non-hydrogen) atoms. The summed E-state index contributed by atoms with van der Waals surface area (Å²) in [7, 11) is -1.11. The molecule has 2 aromatic rings. The molecule has 1 amide bonds. The Bertz CT molecular complexity index is 653. The van der Waals surface area contributed by atoms with Gasteiger partial charge in [0.2, 0.25) is 0 Å². The first-order valence-electron chi connectivity index (χ1n) is 6.48. The van der Waals surface area contributed by atoms with Gasteiger partial charge in [0.25, 0.3) is 0 Å². The number of nitrogens with one attached hydrogen (secondary N) is 1. The summed E-state index contributed by atoms with van der Waals surface area (Å²) in [5, 5.41) is 2.65. The number of aryl methyl sites for hydroxylation is 1. The van der Waals surface area contributed by atoms with Gasteiger partial charge in [0.05, 0.1) is 10.8 Å². The number of ether oxygens (including phenoxy) is 1. The predicted molar refractivity (Wildman–Crippen MR) is 83.8 cm³/mol. The van der Waals surface area contributed by atoms with Gasteiger partial charge >= 0.3 is 6.09 Å². The monoisotopic (exact) mass is 303 g/mol. The van der Waals surface area contributed by atoms with Crippen LogP contribution in [-0.2, 0) is 22.1 Å². The van der Waals surface area contributed by atoms with Crippen LogP contribution in [0.15, 0.2) is 53.4 Å². The van der Waals surface area contributed by atoms with E-state index in [1.165, 1.54) is 0 Å². The van der Waals surface area contributed by atoms with Crippen molar-refractivity contribution < 1.29 is 13.7 Å². The van der Waals surface area contributed by atoms with E-state index in [9.17, 15) is 9.00 Å². The van der Waals surface area contributed by atoms with E-state index in [0.717, 1.165) is 11.1 Å². The lowest BCUT2D eigenvalue weighted by molar-refractivity contribution is 0.154. The zero-order chi connectivity index (χ0) is 15.2. The lowest BCUT2D eigenvalue weighted by Crippen LogP contribution is -2.14. The van der Waals surface area contributed by atoms with Crippen LogP contribution >= 0.6 is 0 Å². The second-order valence-electron chi connectivity index (χ2n) is 4.63. The van der Waals surface area contributed by atoms with E-state index in [2.05, 4.69) is 5.32 Å². The summed E-state index contributed by atoms with van der Waals surface area (Å²) < 4.78 is 16.8. The minimum atomic E-state index is -1.11. The van der Waals surface area contributed by atoms with Gasteiger partial charge in [-0.3, -0.25) is 9.53 Å². The molecule has 0 radical (unpaired) electrons. The van der Waals surface area contributed by atoms with Crippen LogP contribution in [0.2, 0.25) is 0 Å². The van der Waals surface area contributed by atoms with Crippen LogP contribution in [0, 0.1) is 6.92 Å². The zero-order valence-corrected chi connectivity index (χ0v) is 12.8. The number of carbonyl (C=O) groups excluding carboxylic acids is 1. The molecule has 0 heterocycles. The largest absolute Gasteiger partial charge is 0.444 e. The first-order valence-corrected chi connectivity index (χ1v) is 8.04.